The average Bonchev–Trinajstić information content (AvgIpc) is 2.93. The van der Waals surface area contributed by atoms with E-state index in [2.05, 4.69) is 0 Å². The summed E-state index contributed by atoms with van der Waals surface area (Å²) in [6, 6.07) is 15.8. The van der Waals surface area contributed by atoms with E-state index in [0.717, 1.165) is 11.1 Å². The van der Waals surface area contributed by atoms with Gasteiger partial charge >= 0.3 is 6.09 Å². The zero-order valence-corrected chi connectivity index (χ0v) is 16.5. The molecule has 1 amide bonds. The van der Waals surface area contributed by atoms with Gasteiger partial charge in [0.05, 0.1) is 5.56 Å². The lowest BCUT2D eigenvalue weighted by Crippen LogP contribution is -2.52. The minimum atomic E-state index is -0.865. The molecule has 0 bridgehead atoms. The monoisotopic (exact) mass is 379 g/mol. The molecule has 0 N–H and O–H groups in total. The summed E-state index contributed by atoms with van der Waals surface area (Å²) in [6.45, 7) is 6.43. The molecule has 0 atom stereocenters. The second-order valence-corrected chi connectivity index (χ2v) is 8.47. The van der Waals surface area contributed by atoms with Crippen LogP contribution in [0.4, 0.5) is 4.79 Å². The van der Waals surface area contributed by atoms with Crippen molar-refractivity contribution in [1.29, 1.82) is 0 Å². The molecule has 2 aliphatic heterocycles. The normalized spacial score (nSPS) is 18.0. The molecule has 146 valence electrons. The number of piperidine rings is 1. The second kappa shape index (κ2) is 6.66. The Kier molecular flexibility index (Phi) is 4.41. The van der Waals surface area contributed by atoms with Crippen LogP contribution in [0, 0.1) is 0 Å². The van der Waals surface area contributed by atoms with Crippen molar-refractivity contribution in [1.82, 2.24) is 4.90 Å². The van der Waals surface area contributed by atoms with Crippen LogP contribution in [0.15, 0.2) is 48.5 Å². The van der Waals surface area contributed by atoms with Gasteiger partial charge in [-0.25, -0.2) is 4.79 Å². The summed E-state index contributed by atoms with van der Waals surface area (Å²) in [5, 5.41) is 0. The van der Waals surface area contributed by atoms with Gasteiger partial charge in [0.2, 0.25) is 5.78 Å². The smallest absolute Gasteiger partial charge is 0.410 e. The van der Waals surface area contributed by atoms with E-state index >= 15 is 0 Å². The Labute approximate surface area is 165 Å². The fraction of sp³-hybridized carbons (Fsp3) is 0.391. The van der Waals surface area contributed by atoms with Crippen LogP contribution in [0.3, 0.4) is 0 Å². The summed E-state index contributed by atoms with van der Waals surface area (Å²) in [4.78, 5) is 27.2. The van der Waals surface area contributed by atoms with Gasteiger partial charge in [-0.05, 0) is 44.0 Å². The molecule has 4 rings (SSSR count). The molecule has 5 nitrogen and oxygen atoms in total. The van der Waals surface area contributed by atoms with Crippen molar-refractivity contribution in [3.63, 3.8) is 0 Å². The van der Waals surface area contributed by atoms with E-state index in [-0.39, 0.29) is 11.9 Å². The quantitative estimate of drug-likeness (QED) is 0.721. The lowest BCUT2D eigenvalue weighted by molar-refractivity contribution is -0.00474. The molecule has 2 aromatic carbocycles. The van der Waals surface area contributed by atoms with Gasteiger partial charge in [0.15, 0.2) is 5.60 Å². The molecule has 2 aliphatic rings. The fourth-order valence-electron chi connectivity index (χ4n) is 3.81. The molecule has 1 spiro atoms. The van der Waals surface area contributed by atoms with E-state index in [1.165, 1.54) is 0 Å². The number of Topliss-reactive ketones (excluding diaryl/α,β-unsaturated/α-hetero) is 1. The Morgan fingerprint density at radius 1 is 1.04 bits per heavy atom. The van der Waals surface area contributed by atoms with Crippen molar-refractivity contribution >= 4 is 11.9 Å². The lowest BCUT2D eigenvalue weighted by atomic mass is 9.85. The van der Waals surface area contributed by atoms with Crippen LogP contribution in [-0.2, 0) is 4.74 Å². The Balaban J connectivity index is 1.50. The SMILES string of the molecule is CC(C)(C)OC(=O)N1CCC2(CC1)Oc1ccc(-c3ccccc3)cc1C2=O. The zero-order valence-electron chi connectivity index (χ0n) is 16.5. The number of carbonyl (C=O) groups is 2. The van der Waals surface area contributed by atoms with E-state index in [1.54, 1.807) is 4.90 Å². The highest BCUT2D eigenvalue weighted by Gasteiger charge is 2.50. The van der Waals surface area contributed by atoms with Crippen molar-refractivity contribution in [3.8, 4) is 16.9 Å². The second-order valence-electron chi connectivity index (χ2n) is 8.47. The first-order valence-electron chi connectivity index (χ1n) is 9.69. The number of amides is 1. The molecule has 2 aromatic rings. The maximum absolute atomic E-state index is 13.2. The number of ketones is 1. The Morgan fingerprint density at radius 3 is 2.36 bits per heavy atom. The summed E-state index contributed by atoms with van der Waals surface area (Å²) in [7, 11) is 0. The summed E-state index contributed by atoms with van der Waals surface area (Å²) in [5.41, 5.74) is 1.30. The third kappa shape index (κ3) is 3.37. The molecular weight excluding hydrogens is 354 g/mol. The van der Waals surface area contributed by atoms with Gasteiger partial charge in [0.1, 0.15) is 11.4 Å². The number of ether oxygens (including phenoxy) is 2. The number of carbonyl (C=O) groups excluding carboxylic acids is 2. The first kappa shape index (κ1) is 18.5. The predicted octanol–water partition coefficient (Wildman–Crippen LogP) is 4.70. The van der Waals surface area contributed by atoms with Crippen molar-refractivity contribution < 1.29 is 19.1 Å². The molecule has 0 saturated carbocycles. The van der Waals surface area contributed by atoms with E-state index in [4.69, 9.17) is 9.47 Å². The van der Waals surface area contributed by atoms with Crippen LogP contribution in [-0.4, -0.2) is 41.1 Å². The molecule has 1 saturated heterocycles. The Bertz CT molecular complexity index is 906. The highest BCUT2D eigenvalue weighted by molar-refractivity contribution is 6.08. The third-order valence-electron chi connectivity index (χ3n) is 5.27. The standard InChI is InChI=1S/C23H25NO4/c1-22(2,3)28-21(26)24-13-11-23(12-14-24)20(25)18-15-17(9-10-19(18)27-23)16-7-5-4-6-8-16/h4-10,15H,11-14H2,1-3H3. The van der Waals surface area contributed by atoms with Gasteiger partial charge in [-0.1, -0.05) is 36.4 Å². The lowest BCUT2D eigenvalue weighted by Gasteiger charge is -2.37. The van der Waals surface area contributed by atoms with Crippen molar-refractivity contribution in [2.45, 2.75) is 44.8 Å². The van der Waals surface area contributed by atoms with E-state index in [9.17, 15) is 9.59 Å². The largest absolute Gasteiger partial charge is 0.478 e. The van der Waals surface area contributed by atoms with Crippen molar-refractivity contribution in [3.05, 3.63) is 54.1 Å². The first-order valence-corrected chi connectivity index (χ1v) is 9.69. The van der Waals surface area contributed by atoms with Gasteiger partial charge in [0, 0.05) is 25.9 Å². The van der Waals surface area contributed by atoms with Crippen LogP contribution in [0.5, 0.6) is 5.75 Å². The van der Waals surface area contributed by atoms with Crippen molar-refractivity contribution in [2.24, 2.45) is 0 Å². The topological polar surface area (TPSA) is 55.8 Å². The van der Waals surface area contributed by atoms with Crippen LogP contribution in [0.2, 0.25) is 0 Å². The molecule has 28 heavy (non-hydrogen) atoms. The number of rotatable bonds is 1. The number of hydrogen-bond donors (Lipinski definition) is 0. The van der Waals surface area contributed by atoms with Crippen LogP contribution < -0.4 is 4.74 Å². The van der Waals surface area contributed by atoms with Crippen LogP contribution in [0.25, 0.3) is 11.1 Å². The Hall–Kier alpha value is -2.82. The number of fused-ring (bicyclic) bond motifs is 1. The number of hydrogen-bond acceptors (Lipinski definition) is 4. The average molecular weight is 379 g/mol. The Morgan fingerprint density at radius 2 is 1.71 bits per heavy atom. The molecule has 0 aromatic heterocycles. The minimum absolute atomic E-state index is 0.0177. The highest BCUT2D eigenvalue weighted by atomic mass is 16.6. The van der Waals surface area contributed by atoms with E-state index in [1.807, 2.05) is 69.3 Å². The van der Waals surface area contributed by atoms with Crippen LogP contribution in [0.1, 0.15) is 44.0 Å². The number of likely N-dealkylation sites (tertiary alicyclic amines) is 1. The molecular formula is C23H25NO4. The molecule has 1 fully saturated rings. The maximum atomic E-state index is 13.2. The maximum Gasteiger partial charge on any atom is 0.410 e. The van der Waals surface area contributed by atoms with Gasteiger partial charge in [-0.2, -0.15) is 0 Å². The van der Waals surface area contributed by atoms with Crippen molar-refractivity contribution in [2.75, 3.05) is 13.1 Å². The third-order valence-corrected chi connectivity index (χ3v) is 5.27. The molecule has 0 aliphatic carbocycles. The van der Waals surface area contributed by atoms with Gasteiger partial charge < -0.3 is 14.4 Å². The van der Waals surface area contributed by atoms with E-state index in [0.29, 0.717) is 37.2 Å². The summed E-state index contributed by atoms with van der Waals surface area (Å²) in [5.74, 6) is 0.652. The summed E-state index contributed by atoms with van der Waals surface area (Å²) in [6.07, 6.45) is 0.609. The minimum Gasteiger partial charge on any atom is -0.478 e. The predicted molar refractivity (Wildman–Crippen MR) is 107 cm³/mol. The van der Waals surface area contributed by atoms with Crippen LogP contribution >= 0.6 is 0 Å². The summed E-state index contributed by atoms with van der Waals surface area (Å²) < 4.78 is 11.6. The molecule has 2 heterocycles. The number of nitrogens with zero attached hydrogens (tertiary/aromatic N) is 1. The number of benzene rings is 2. The van der Waals surface area contributed by atoms with Gasteiger partial charge in [-0.15, -0.1) is 0 Å². The van der Waals surface area contributed by atoms with Gasteiger partial charge in [0.25, 0.3) is 0 Å². The fourth-order valence-corrected chi connectivity index (χ4v) is 3.81. The molecule has 5 heteroatoms. The first-order chi connectivity index (χ1) is 13.3. The summed E-state index contributed by atoms with van der Waals surface area (Å²) >= 11 is 0. The van der Waals surface area contributed by atoms with Gasteiger partial charge in [-0.3, -0.25) is 4.79 Å². The molecule has 0 unspecified atom stereocenters. The zero-order chi connectivity index (χ0) is 19.9. The highest BCUT2D eigenvalue weighted by Crippen LogP contribution is 2.42. The van der Waals surface area contributed by atoms with E-state index < -0.39 is 11.2 Å². The molecule has 0 radical (unpaired) electrons.